The van der Waals surface area contributed by atoms with Gasteiger partial charge in [-0.3, -0.25) is 14.5 Å². The van der Waals surface area contributed by atoms with Crippen molar-refractivity contribution >= 4 is 23.1 Å². The van der Waals surface area contributed by atoms with Gasteiger partial charge in [-0.2, -0.15) is 0 Å². The van der Waals surface area contributed by atoms with Crippen LogP contribution in [-0.4, -0.2) is 31.0 Å². The lowest BCUT2D eigenvalue weighted by Crippen LogP contribution is -2.30. The maximum absolute atomic E-state index is 13.3. The van der Waals surface area contributed by atoms with Crippen molar-refractivity contribution in [1.29, 1.82) is 0 Å². The predicted octanol–water partition coefficient (Wildman–Crippen LogP) is 4.95. The number of para-hydroxylation sites is 1. The van der Waals surface area contributed by atoms with E-state index in [2.05, 4.69) is 0 Å². The van der Waals surface area contributed by atoms with E-state index in [1.54, 1.807) is 24.3 Å². The third kappa shape index (κ3) is 3.84. The first kappa shape index (κ1) is 22.1. The summed E-state index contributed by atoms with van der Waals surface area (Å²) in [7, 11) is 3.01. The van der Waals surface area contributed by atoms with Gasteiger partial charge in [0.25, 0.3) is 11.7 Å². The number of hydrogen-bond acceptors (Lipinski definition) is 5. The minimum absolute atomic E-state index is 0.0288. The molecule has 0 aliphatic carbocycles. The Balaban J connectivity index is 1.97. The van der Waals surface area contributed by atoms with Gasteiger partial charge in [-0.15, -0.1) is 0 Å². The number of Topliss-reactive ketones (excluding diaryl/α,β-unsaturated/α-hetero) is 1. The van der Waals surface area contributed by atoms with Crippen LogP contribution < -0.4 is 14.4 Å². The number of benzene rings is 3. The van der Waals surface area contributed by atoms with Crippen molar-refractivity contribution in [3.63, 3.8) is 0 Å². The zero-order chi connectivity index (χ0) is 23.7. The van der Waals surface area contributed by atoms with Gasteiger partial charge in [0.1, 0.15) is 5.76 Å². The maximum Gasteiger partial charge on any atom is 0.300 e. The van der Waals surface area contributed by atoms with Gasteiger partial charge in [0, 0.05) is 11.3 Å². The number of ether oxygens (including phenoxy) is 2. The van der Waals surface area contributed by atoms with Crippen molar-refractivity contribution in [2.45, 2.75) is 19.9 Å². The summed E-state index contributed by atoms with van der Waals surface area (Å²) in [5.41, 5.74) is 3.57. The molecule has 0 aromatic heterocycles. The molecular weight excluding hydrogens is 418 g/mol. The van der Waals surface area contributed by atoms with E-state index in [-0.39, 0.29) is 11.3 Å². The number of carbonyl (C=O) groups is 2. The second-order valence-corrected chi connectivity index (χ2v) is 7.94. The van der Waals surface area contributed by atoms with E-state index in [4.69, 9.17) is 9.47 Å². The number of ketones is 1. The number of anilines is 1. The van der Waals surface area contributed by atoms with Crippen LogP contribution in [-0.2, 0) is 9.59 Å². The van der Waals surface area contributed by atoms with Crippen LogP contribution in [0.25, 0.3) is 5.76 Å². The van der Waals surface area contributed by atoms with Gasteiger partial charge in [-0.25, -0.2) is 0 Å². The Morgan fingerprint density at radius 3 is 2.27 bits per heavy atom. The zero-order valence-electron chi connectivity index (χ0n) is 19.0. The fourth-order valence-electron chi connectivity index (χ4n) is 4.21. The molecule has 33 heavy (non-hydrogen) atoms. The highest BCUT2D eigenvalue weighted by atomic mass is 16.5. The Bertz CT molecular complexity index is 1280. The second kappa shape index (κ2) is 8.82. The topological polar surface area (TPSA) is 76.1 Å². The molecule has 0 saturated carbocycles. The molecule has 1 atom stereocenters. The fraction of sp³-hybridized carbons (Fsp3) is 0.185. The highest BCUT2D eigenvalue weighted by molar-refractivity contribution is 6.51. The van der Waals surface area contributed by atoms with Crippen LogP contribution in [0.1, 0.15) is 28.3 Å². The highest BCUT2D eigenvalue weighted by Gasteiger charge is 2.47. The van der Waals surface area contributed by atoms with E-state index >= 15 is 0 Å². The molecule has 0 bridgehead atoms. The molecule has 4 rings (SSSR count). The Morgan fingerprint density at radius 1 is 0.879 bits per heavy atom. The summed E-state index contributed by atoms with van der Waals surface area (Å²) >= 11 is 0. The van der Waals surface area contributed by atoms with Gasteiger partial charge in [-0.05, 0) is 49.2 Å². The first-order valence-corrected chi connectivity index (χ1v) is 10.5. The normalized spacial score (nSPS) is 17.3. The zero-order valence-corrected chi connectivity index (χ0v) is 19.0. The monoisotopic (exact) mass is 443 g/mol. The molecule has 1 saturated heterocycles. The summed E-state index contributed by atoms with van der Waals surface area (Å²) in [4.78, 5) is 28.1. The third-order valence-electron chi connectivity index (χ3n) is 5.83. The average Bonchev–Trinajstić information content (AvgIpc) is 3.08. The number of aliphatic hydroxyl groups is 1. The maximum atomic E-state index is 13.3. The molecule has 3 aromatic carbocycles. The molecule has 1 aliphatic rings. The first-order valence-electron chi connectivity index (χ1n) is 10.5. The van der Waals surface area contributed by atoms with Crippen LogP contribution in [0.3, 0.4) is 0 Å². The smallest absolute Gasteiger partial charge is 0.300 e. The number of amides is 1. The van der Waals surface area contributed by atoms with Gasteiger partial charge < -0.3 is 14.6 Å². The summed E-state index contributed by atoms with van der Waals surface area (Å²) in [5, 5.41) is 11.3. The van der Waals surface area contributed by atoms with E-state index in [1.165, 1.54) is 19.1 Å². The molecule has 1 unspecified atom stereocenters. The van der Waals surface area contributed by atoms with Crippen LogP contribution in [0.4, 0.5) is 5.69 Å². The van der Waals surface area contributed by atoms with Crippen molar-refractivity contribution in [2.24, 2.45) is 0 Å². The minimum Gasteiger partial charge on any atom is -0.507 e. The van der Waals surface area contributed by atoms with Gasteiger partial charge in [0.2, 0.25) is 0 Å². The number of hydrogen-bond donors (Lipinski definition) is 1. The molecule has 0 spiro atoms. The van der Waals surface area contributed by atoms with E-state index in [1.807, 2.05) is 56.3 Å². The lowest BCUT2D eigenvalue weighted by atomic mass is 9.94. The van der Waals surface area contributed by atoms with Crippen molar-refractivity contribution in [3.05, 3.63) is 94.6 Å². The van der Waals surface area contributed by atoms with Crippen LogP contribution in [0.5, 0.6) is 11.5 Å². The number of carbonyl (C=O) groups excluding carboxylic acids is 2. The summed E-state index contributed by atoms with van der Waals surface area (Å²) in [6, 6.07) is 19.1. The van der Waals surface area contributed by atoms with Crippen molar-refractivity contribution in [2.75, 3.05) is 19.1 Å². The first-order chi connectivity index (χ1) is 15.9. The number of methoxy groups -OCH3 is 2. The number of aryl methyl sites for hydroxylation is 2. The molecular formula is C27H25NO5. The fourth-order valence-corrected chi connectivity index (χ4v) is 4.21. The molecule has 0 radical (unpaired) electrons. The van der Waals surface area contributed by atoms with Gasteiger partial charge in [-0.1, -0.05) is 48.0 Å². The Morgan fingerprint density at radius 2 is 1.61 bits per heavy atom. The largest absolute Gasteiger partial charge is 0.507 e. The van der Waals surface area contributed by atoms with Crippen LogP contribution >= 0.6 is 0 Å². The molecule has 6 nitrogen and oxygen atoms in total. The summed E-state index contributed by atoms with van der Waals surface area (Å²) in [5.74, 6) is -0.793. The lowest BCUT2D eigenvalue weighted by molar-refractivity contribution is -0.132. The van der Waals surface area contributed by atoms with Crippen molar-refractivity contribution in [1.82, 2.24) is 0 Å². The van der Waals surface area contributed by atoms with Crippen molar-refractivity contribution in [3.8, 4) is 11.5 Å². The molecule has 6 heteroatoms. The quantitative estimate of drug-likeness (QED) is 0.343. The number of aliphatic hydroxyl groups excluding tert-OH is 1. The molecule has 1 aliphatic heterocycles. The molecule has 1 heterocycles. The standard InChI is InChI=1S/C27H25NO5/c1-16-8-7-10-18(14-16)24-23(25(29)19-12-13-21(32-3)22(15-19)33-4)26(30)27(31)28(24)20-11-6-5-9-17(20)2/h5-15,24,29H,1-4H3/b25-23-. The predicted molar refractivity (Wildman–Crippen MR) is 127 cm³/mol. The lowest BCUT2D eigenvalue weighted by Gasteiger charge is -2.27. The molecule has 3 aromatic rings. The Labute approximate surface area is 192 Å². The van der Waals surface area contributed by atoms with Crippen LogP contribution in [0.15, 0.2) is 72.3 Å². The summed E-state index contributed by atoms with van der Waals surface area (Å²) in [6.07, 6.45) is 0. The van der Waals surface area contributed by atoms with E-state index in [9.17, 15) is 14.7 Å². The molecule has 1 amide bonds. The minimum atomic E-state index is -0.779. The van der Waals surface area contributed by atoms with E-state index in [0.29, 0.717) is 22.7 Å². The number of rotatable bonds is 5. The van der Waals surface area contributed by atoms with E-state index in [0.717, 1.165) is 16.7 Å². The van der Waals surface area contributed by atoms with Gasteiger partial charge in [0.15, 0.2) is 11.5 Å². The molecule has 1 N–H and O–H groups in total. The van der Waals surface area contributed by atoms with Gasteiger partial charge >= 0.3 is 0 Å². The molecule has 1 fully saturated rings. The van der Waals surface area contributed by atoms with Crippen LogP contribution in [0.2, 0.25) is 0 Å². The number of nitrogens with zero attached hydrogens (tertiary/aromatic N) is 1. The van der Waals surface area contributed by atoms with E-state index < -0.39 is 17.7 Å². The highest BCUT2D eigenvalue weighted by Crippen LogP contribution is 2.43. The molecule has 168 valence electrons. The SMILES string of the molecule is COc1ccc(/C(O)=C2/C(=O)C(=O)N(c3ccccc3C)C2c2cccc(C)c2)cc1OC. The Kier molecular flexibility index (Phi) is 5.92. The average molecular weight is 443 g/mol. The summed E-state index contributed by atoms with van der Waals surface area (Å²) < 4.78 is 10.6. The van der Waals surface area contributed by atoms with Crippen molar-refractivity contribution < 1.29 is 24.2 Å². The Hall–Kier alpha value is -4.06. The second-order valence-electron chi connectivity index (χ2n) is 7.94. The summed E-state index contributed by atoms with van der Waals surface area (Å²) in [6.45, 7) is 3.83. The van der Waals surface area contributed by atoms with Crippen LogP contribution in [0, 0.1) is 13.8 Å². The third-order valence-corrected chi connectivity index (χ3v) is 5.83. The van der Waals surface area contributed by atoms with Gasteiger partial charge in [0.05, 0.1) is 25.8 Å².